The predicted molar refractivity (Wildman–Crippen MR) is 106 cm³/mol. The number of morpholine rings is 1. The molecule has 2 saturated heterocycles. The molecular formula is C20H27N3O6. The number of hydrogen-bond donors (Lipinski definition) is 0. The quantitative estimate of drug-likeness (QED) is 0.421. The largest absolute Gasteiger partial charge is 0.452 e. The Morgan fingerprint density at radius 1 is 1.17 bits per heavy atom. The molecule has 0 saturated carbocycles. The molecule has 0 unspecified atom stereocenters. The molecule has 0 spiro atoms. The Balaban J connectivity index is 1.65. The molecule has 158 valence electrons. The Labute approximate surface area is 169 Å². The maximum Gasteiger partial charge on any atom is 0.338 e. The number of esters is 1. The number of amides is 1. The Bertz CT molecular complexity index is 767. The molecule has 2 fully saturated rings. The molecule has 1 aromatic carbocycles. The fraction of sp³-hybridized carbons (Fsp3) is 0.600. The van der Waals surface area contributed by atoms with Crippen LogP contribution in [0.25, 0.3) is 0 Å². The molecular weight excluding hydrogens is 378 g/mol. The highest BCUT2D eigenvalue weighted by Crippen LogP contribution is 2.31. The van der Waals surface area contributed by atoms with Crippen molar-refractivity contribution >= 4 is 23.3 Å². The highest BCUT2D eigenvalue weighted by atomic mass is 16.6. The van der Waals surface area contributed by atoms with Gasteiger partial charge in [-0.2, -0.15) is 0 Å². The van der Waals surface area contributed by atoms with Gasteiger partial charge >= 0.3 is 5.97 Å². The van der Waals surface area contributed by atoms with Crippen LogP contribution >= 0.6 is 0 Å². The van der Waals surface area contributed by atoms with Gasteiger partial charge in [-0.1, -0.05) is 0 Å². The van der Waals surface area contributed by atoms with Crippen LogP contribution in [0.5, 0.6) is 0 Å². The molecule has 1 aromatic rings. The van der Waals surface area contributed by atoms with E-state index in [0.717, 1.165) is 32.4 Å². The van der Waals surface area contributed by atoms with Gasteiger partial charge in [0.15, 0.2) is 6.61 Å². The topological polar surface area (TPSA) is 102 Å². The van der Waals surface area contributed by atoms with Crippen LogP contribution in [0.2, 0.25) is 0 Å². The molecule has 9 heteroatoms. The zero-order valence-electron chi connectivity index (χ0n) is 16.8. The van der Waals surface area contributed by atoms with Crippen molar-refractivity contribution < 1.29 is 24.0 Å². The minimum atomic E-state index is -0.749. The lowest BCUT2D eigenvalue weighted by Crippen LogP contribution is -2.49. The first-order valence-electron chi connectivity index (χ1n) is 9.99. The molecule has 1 amide bonds. The van der Waals surface area contributed by atoms with Crippen LogP contribution in [0, 0.1) is 10.1 Å². The van der Waals surface area contributed by atoms with E-state index in [0.29, 0.717) is 18.8 Å². The van der Waals surface area contributed by atoms with E-state index in [1.165, 1.54) is 12.1 Å². The van der Waals surface area contributed by atoms with Crippen molar-refractivity contribution in [2.75, 3.05) is 37.7 Å². The van der Waals surface area contributed by atoms with Crippen molar-refractivity contribution in [3.8, 4) is 0 Å². The number of nitrogens with zero attached hydrogens (tertiary/aromatic N) is 3. The van der Waals surface area contributed by atoms with Gasteiger partial charge in [0, 0.05) is 32.2 Å². The maximum absolute atomic E-state index is 12.4. The number of piperidine rings is 1. The third-order valence-electron chi connectivity index (χ3n) is 5.20. The molecule has 0 bridgehead atoms. The SMILES string of the molecule is C[C@@H]1CN(C(=O)COC(=O)c2ccc(N3CCCCC3)c([N+](=O)[O-])c2)C[C@H](C)O1. The van der Waals surface area contributed by atoms with Crippen LogP contribution in [-0.4, -0.2) is 66.7 Å². The van der Waals surface area contributed by atoms with Gasteiger partial charge in [-0.05, 0) is 45.2 Å². The summed E-state index contributed by atoms with van der Waals surface area (Å²) in [6.07, 6.45) is 2.93. The van der Waals surface area contributed by atoms with Crippen LogP contribution < -0.4 is 4.90 Å². The summed E-state index contributed by atoms with van der Waals surface area (Å²) in [6, 6.07) is 4.34. The molecule has 0 radical (unpaired) electrons. The first-order chi connectivity index (χ1) is 13.8. The van der Waals surface area contributed by atoms with Gasteiger partial charge in [0.25, 0.3) is 11.6 Å². The van der Waals surface area contributed by atoms with Gasteiger partial charge in [-0.3, -0.25) is 14.9 Å². The number of rotatable bonds is 5. The minimum absolute atomic E-state index is 0.0639. The molecule has 0 aliphatic carbocycles. The number of benzene rings is 1. The molecule has 2 atom stereocenters. The van der Waals surface area contributed by atoms with E-state index in [4.69, 9.17) is 9.47 Å². The first-order valence-corrected chi connectivity index (χ1v) is 9.99. The molecule has 2 aliphatic heterocycles. The Morgan fingerprint density at radius 3 is 2.45 bits per heavy atom. The van der Waals surface area contributed by atoms with Crippen molar-refractivity contribution in [2.24, 2.45) is 0 Å². The fourth-order valence-electron chi connectivity index (χ4n) is 3.88. The van der Waals surface area contributed by atoms with Crippen molar-refractivity contribution in [1.29, 1.82) is 0 Å². The van der Waals surface area contributed by atoms with Gasteiger partial charge in [-0.25, -0.2) is 4.79 Å². The Hall–Kier alpha value is -2.68. The van der Waals surface area contributed by atoms with Crippen molar-refractivity contribution in [1.82, 2.24) is 4.90 Å². The van der Waals surface area contributed by atoms with E-state index in [1.807, 2.05) is 18.7 Å². The summed E-state index contributed by atoms with van der Waals surface area (Å²) < 4.78 is 10.7. The Morgan fingerprint density at radius 2 is 1.83 bits per heavy atom. The highest BCUT2D eigenvalue weighted by Gasteiger charge is 2.27. The number of carbonyl (C=O) groups is 2. The lowest BCUT2D eigenvalue weighted by Gasteiger charge is -2.35. The van der Waals surface area contributed by atoms with E-state index in [2.05, 4.69) is 0 Å². The normalized spacial score (nSPS) is 22.3. The number of nitro groups is 1. The fourth-order valence-corrected chi connectivity index (χ4v) is 3.88. The number of ether oxygens (including phenoxy) is 2. The third-order valence-corrected chi connectivity index (χ3v) is 5.20. The molecule has 2 heterocycles. The van der Waals surface area contributed by atoms with Crippen LogP contribution in [0.3, 0.4) is 0 Å². The number of anilines is 1. The zero-order chi connectivity index (χ0) is 21.0. The van der Waals surface area contributed by atoms with Gasteiger partial charge in [-0.15, -0.1) is 0 Å². The van der Waals surface area contributed by atoms with Crippen LogP contribution in [0.4, 0.5) is 11.4 Å². The van der Waals surface area contributed by atoms with Gasteiger partial charge in [0.05, 0.1) is 22.7 Å². The van der Waals surface area contributed by atoms with Crippen molar-refractivity contribution in [3.05, 3.63) is 33.9 Å². The smallest absolute Gasteiger partial charge is 0.338 e. The summed E-state index contributed by atoms with van der Waals surface area (Å²) in [5.74, 6) is -1.05. The van der Waals surface area contributed by atoms with E-state index in [9.17, 15) is 19.7 Å². The number of carbonyl (C=O) groups excluding carboxylic acids is 2. The molecule has 0 N–H and O–H groups in total. The molecule has 0 aromatic heterocycles. The van der Waals surface area contributed by atoms with Crippen LogP contribution in [0.15, 0.2) is 18.2 Å². The van der Waals surface area contributed by atoms with E-state index in [1.54, 1.807) is 11.0 Å². The average Bonchev–Trinajstić information content (AvgIpc) is 2.71. The van der Waals surface area contributed by atoms with E-state index >= 15 is 0 Å². The Kier molecular flexibility index (Phi) is 6.68. The van der Waals surface area contributed by atoms with Crippen molar-refractivity contribution in [2.45, 2.75) is 45.3 Å². The second-order valence-electron chi connectivity index (χ2n) is 7.64. The summed E-state index contributed by atoms with van der Waals surface area (Å²) in [5.41, 5.74) is 0.455. The summed E-state index contributed by atoms with van der Waals surface area (Å²) in [7, 11) is 0. The predicted octanol–water partition coefficient (Wildman–Crippen LogP) is 2.38. The zero-order valence-corrected chi connectivity index (χ0v) is 16.8. The molecule has 9 nitrogen and oxygen atoms in total. The third kappa shape index (κ3) is 5.23. The summed E-state index contributed by atoms with van der Waals surface area (Å²) in [4.78, 5) is 39.3. The van der Waals surface area contributed by atoms with Gasteiger partial charge in [0.1, 0.15) is 5.69 Å². The average molecular weight is 405 g/mol. The number of nitro benzene ring substituents is 1. The lowest BCUT2D eigenvalue weighted by atomic mass is 10.1. The minimum Gasteiger partial charge on any atom is -0.452 e. The summed E-state index contributed by atoms with van der Waals surface area (Å²) in [6.45, 7) is 5.76. The highest BCUT2D eigenvalue weighted by molar-refractivity contribution is 5.93. The van der Waals surface area contributed by atoms with Gasteiger partial charge < -0.3 is 19.3 Å². The number of hydrogen-bond acceptors (Lipinski definition) is 7. The summed E-state index contributed by atoms with van der Waals surface area (Å²) in [5, 5.41) is 11.5. The standard InChI is InChI=1S/C20H27N3O6/c1-14-11-22(12-15(2)29-14)19(24)13-28-20(25)16-6-7-17(18(10-16)23(26)27)21-8-4-3-5-9-21/h6-7,10,14-15H,3-5,8-9,11-13H2,1-2H3/t14-,15+. The van der Waals surface area contributed by atoms with Crippen LogP contribution in [0.1, 0.15) is 43.5 Å². The molecule has 2 aliphatic rings. The molecule has 29 heavy (non-hydrogen) atoms. The maximum atomic E-state index is 12.4. The van der Waals surface area contributed by atoms with E-state index in [-0.39, 0.29) is 29.4 Å². The van der Waals surface area contributed by atoms with Crippen LogP contribution in [-0.2, 0) is 14.3 Å². The lowest BCUT2D eigenvalue weighted by molar-refractivity contribution is -0.384. The molecule has 3 rings (SSSR count). The first kappa shape index (κ1) is 21.0. The summed E-state index contributed by atoms with van der Waals surface area (Å²) >= 11 is 0. The van der Waals surface area contributed by atoms with E-state index < -0.39 is 17.5 Å². The second-order valence-corrected chi connectivity index (χ2v) is 7.64. The second kappa shape index (κ2) is 9.21. The van der Waals surface area contributed by atoms with Gasteiger partial charge in [0.2, 0.25) is 0 Å². The van der Waals surface area contributed by atoms with Crippen molar-refractivity contribution in [3.63, 3.8) is 0 Å². The monoisotopic (exact) mass is 405 g/mol.